The lowest BCUT2D eigenvalue weighted by molar-refractivity contribution is 0.0886. The Bertz CT molecular complexity index is 682. The molecule has 3 rings (SSSR count). The van der Waals surface area contributed by atoms with Crippen LogP contribution in [0.25, 0.3) is 0 Å². The van der Waals surface area contributed by atoms with Gasteiger partial charge in [-0.2, -0.15) is 0 Å². The highest BCUT2D eigenvalue weighted by molar-refractivity contribution is 5.97. The Hall–Kier alpha value is -2.56. The zero-order valence-electron chi connectivity index (χ0n) is 14.5. The first-order chi connectivity index (χ1) is 12.3. The van der Waals surface area contributed by atoms with Crippen LogP contribution in [0, 0.1) is 0 Å². The number of aromatic nitrogens is 1. The molecular weight excluding hydrogens is 316 g/mol. The Morgan fingerprint density at radius 3 is 2.60 bits per heavy atom. The highest BCUT2D eigenvalue weighted by atomic mass is 16.5. The minimum atomic E-state index is -0.0712. The summed E-state index contributed by atoms with van der Waals surface area (Å²) >= 11 is 0. The van der Waals surface area contributed by atoms with E-state index in [1.807, 2.05) is 43.3 Å². The molecule has 5 nitrogen and oxygen atoms in total. The maximum absolute atomic E-state index is 12.5. The number of pyridine rings is 1. The van der Waals surface area contributed by atoms with Gasteiger partial charge in [0.05, 0.1) is 12.2 Å². The van der Waals surface area contributed by atoms with Gasteiger partial charge in [0, 0.05) is 18.3 Å². The Morgan fingerprint density at radius 1 is 1.12 bits per heavy atom. The normalized spacial score (nSPS) is 19.9. The highest BCUT2D eigenvalue weighted by Gasteiger charge is 2.25. The van der Waals surface area contributed by atoms with Crippen LogP contribution in [-0.2, 0) is 0 Å². The molecule has 0 bridgehead atoms. The fraction of sp³-hybridized carbons (Fsp3) is 0.400. The van der Waals surface area contributed by atoms with Crippen molar-refractivity contribution in [1.29, 1.82) is 0 Å². The summed E-state index contributed by atoms with van der Waals surface area (Å²) in [7, 11) is 0. The average molecular weight is 340 g/mol. The SMILES string of the molecule is CCOc1ccccc1C(=O)NC1CCC(Oc2ccccn2)CC1. The van der Waals surface area contributed by atoms with E-state index >= 15 is 0 Å². The average Bonchev–Trinajstić information content (AvgIpc) is 2.65. The number of para-hydroxylation sites is 1. The van der Waals surface area contributed by atoms with E-state index < -0.39 is 0 Å². The zero-order chi connectivity index (χ0) is 17.5. The second-order valence-corrected chi connectivity index (χ2v) is 6.16. The first kappa shape index (κ1) is 17.3. The standard InChI is InChI=1S/C20H24N2O3/c1-2-24-18-8-4-3-7-17(18)20(23)22-15-10-12-16(13-11-15)25-19-9-5-6-14-21-19/h3-9,14-16H,2,10-13H2,1H3,(H,22,23). The number of benzene rings is 1. The van der Waals surface area contributed by atoms with Gasteiger partial charge in [0.15, 0.2) is 0 Å². The van der Waals surface area contributed by atoms with Crippen LogP contribution in [-0.4, -0.2) is 29.6 Å². The predicted molar refractivity (Wildman–Crippen MR) is 96.0 cm³/mol. The van der Waals surface area contributed by atoms with Crippen molar-refractivity contribution >= 4 is 5.91 Å². The molecule has 132 valence electrons. The molecule has 0 aliphatic heterocycles. The van der Waals surface area contributed by atoms with Crippen LogP contribution in [0.15, 0.2) is 48.7 Å². The molecule has 1 amide bonds. The van der Waals surface area contributed by atoms with Gasteiger partial charge in [-0.15, -0.1) is 0 Å². The van der Waals surface area contributed by atoms with Crippen LogP contribution in [0.4, 0.5) is 0 Å². The van der Waals surface area contributed by atoms with Crippen LogP contribution in [0.5, 0.6) is 11.6 Å². The van der Waals surface area contributed by atoms with E-state index in [-0.39, 0.29) is 18.1 Å². The molecule has 1 fully saturated rings. The van der Waals surface area contributed by atoms with Crippen molar-refractivity contribution < 1.29 is 14.3 Å². The van der Waals surface area contributed by atoms with Gasteiger partial charge in [-0.05, 0) is 50.8 Å². The molecule has 0 spiro atoms. The van der Waals surface area contributed by atoms with Gasteiger partial charge >= 0.3 is 0 Å². The van der Waals surface area contributed by atoms with E-state index in [9.17, 15) is 4.79 Å². The molecule has 2 aromatic rings. The Balaban J connectivity index is 1.51. The molecule has 1 aromatic heterocycles. The van der Waals surface area contributed by atoms with Gasteiger partial charge < -0.3 is 14.8 Å². The summed E-state index contributed by atoms with van der Waals surface area (Å²) in [6, 6.07) is 13.2. The van der Waals surface area contributed by atoms with Crippen LogP contribution in [0.2, 0.25) is 0 Å². The summed E-state index contributed by atoms with van der Waals surface area (Å²) in [5, 5.41) is 3.13. The van der Waals surface area contributed by atoms with Crippen molar-refractivity contribution in [2.24, 2.45) is 0 Å². The van der Waals surface area contributed by atoms with Crippen molar-refractivity contribution in [3.63, 3.8) is 0 Å². The lowest BCUT2D eigenvalue weighted by atomic mass is 9.92. The number of nitrogens with zero attached hydrogens (tertiary/aromatic N) is 1. The molecule has 1 aromatic carbocycles. The lowest BCUT2D eigenvalue weighted by Gasteiger charge is -2.29. The van der Waals surface area contributed by atoms with Gasteiger partial charge in [-0.3, -0.25) is 4.79 Å². The van der Waals surface area contributed by atoms with E-state index in [0.29, 0.717) is 23.8 Å². The maximum Gasteiger partial charge on any atom is 0.255 e. The van der Waals surface area contributed by atoms with Crippen LogP contribution in [0.1, 0.15) is 43.0 Å². The van der Waals surface area contributed by atoms with Gasteiger partial charge in [0.2, 0.25) is 5.88 Å². The molecule has 1 heterocycles. The van der Waals surface area contributed by atoms with Crippen LogP contribution in [0.3, 0.4) is 0 Å². The molecule has 0 radical (unpaired) electrons. The monoisotopic (exact) mass is 340 g/mol. The summed E-state index contributed by atoms with van der Waals surface area (Å²) in [6.45, 7) is 2.46. The fourth-order valence-electron chi connectivity index (χ4n) is 3.11. The molecular formula is C20H24N2O3. The molecule has 0 saturated heterocycles. The molecule has 1 N–H and O–H groups in total. The summed E-state index contributed by atoms with van der Waals surface area (Å²) in [5.74, 6) is 1.23. The van der Waals surface area contributed by atoms with Gasteiger partial charge in [-0.1, -0.05) is 18.2 Å². The van der Waals surface area contributed by atoms with E-state index in [1.54, 1.807) is 12.3 Å². The topological polar surface area (TPSA) is 60.5 Å². The Labute approximate surface area is 148 Å². The number of hydrogen-bond donors (Lipinski definition) is 1. The van der Waals surface area contributed by atoms with Gasteiger partial charge in [-0.25, -0.2) is 4.98 Å². The minimum Gasteiger partial charge on any atom is -0.493 e. The molecule has 1 saturated carbocycles. The first-order valence-electron chi connectivity index (χ1n) is 8.86. The lowest BCUT2D eigenvalue weighted by Crippen LogP contribution is -2.39. The molecule has 1 aliphatic rings. The Morgan fingerprint density at radius 2 is 1.88 bits per heavy atom. The van der Waals surface area contributed by atoms with Crippen molar-refractivity contribution in [1.82, 2.24) is 10.3 Å². The number of rotatable bonds is 6. The van der Waals surface area contributed by atoms with E-state index in [1.165, 1.54) is 0 Å². The second-order valence-electron chi connectivity index (χ2n) is 6.16. The molecule has 25 heavy (non-hydrogen) atoms. The van der Waals surface area contributed by atoms with Crippen LogP contribution >= 0.6 is 0 Å². The zero-order valence-corrected chi connectivity index (χ0v) is 14.5. The van der Waals surface area contributed by atoms with Crippen molar-refractivity contribution in [2.45, 2.75) is 44.8 Å². The maximum atomic E-state index is 12.5. The Kier molecular flexibility index (Phi) is 5.88. The van der Waals surface area contributed by atoms with E-state index in [4.69, 9.17) is 9.47 Å². The van der Waals surface area contributed by atoms with Crippen molar-refractivity contribution in [3.8, 4) is 11.6 Å². The van der Waals surface area contributed by atoms with Crippen LogP contribution < -0.4 is 14.8 Å². The quantitative estimate of drug-likeness (QED) is 0.873. The summed E-state index contributed by atoms with van der Waals surface area (Å²) in [5.41, 5.74) is 0.594. The largest absolute Gasteiger partial charge is 0.493 e. The minimum absolute atomic E-state index is 0.0712. The summed E-state index contributed by atoms with van der Waals surface area (Å²) in [4.78, 5) is 16.7. The predicted octanol–water partition coefficient (Wildman–Crippen LogP) is 3.60. The summed E-state index contributed by atoms with van der Waals surface area (Å²) in [6.07, 6.45) is 5.53. The third kappa shape index (κ3) is 4.72. The second kappa shape index (κ2) is 8.51. The van der Waals surface area contributed by atoms with Crippen molar-refractivity contribution in [2.75, 3.05) is 6.61 Å². The highest BCUT2D eigenvalue weighted by Crippen LogP contribution is 2.24. The van der Waals surface area contributed by atoms with Gasteiger partial charge in [0.25, 0.3) is 5.91 Å². The van der Waals surface area contributed by atoms with Crippen molar-refractivity contribution in [3.05, 3.63) is 54.2 Å². The van der Waals surface area contributed by atoms with E-state index in [2.05, 4.69) is 10.3 Å². The third-order valence-electron chi connectivity index (χ3n) is 4.37. The fourth-order valence-corrected chi connectivity index (χ4v) is 3.11. The first-order valence-corrected chi connectivity index (χ1v) is 8.86. The van der Waals surface area contributed by atoms with Gasteiger partial charge in [0.1, 0.15) is 11.9 Å². The molecule has 0 atom stereocenters. The third-order valence-corrected chi connectivity index (χ3v) is 4.37. The number of nitrogens with one attached hydrogen (secondary N) is 1. The number of carbonyl (C=O) groups is 1. The molecule has 0 unspecified atom stereocenters. The molecule has 5 heteroatoms. The number of amides is 1. The number of carbonyl (C=O) groups excluding carboxylic acids is 1. The molecule has 1 aliphatic carbocycles. The summed E-state index contributed by atoms with van der Waals surface area (Å²) < 4.78 is 11.4. The number of ether oxygens (including phenoxy) is 2. The number of hydrogen-bond acceptors (Lipinski definition) is 4. The smallest absolute Gasteiger partial charge is 0.255 e. The van der Waals surface area contributed by atoms with E-state index in [0.717, 1.165) is 25.7 Å².